The highest BCUT2D eigenvalue weighted by Crippen LogP contribution is 2.38. The molecule has 29 heteroatoms. The van der Waals surface area contributed by atoms with E-state index in [1.807, 2.05) is 63.8 Å². The number of hydrazone groups is 3. The second kappa shape index (κ2) is 40.5. The molecule has 15 N–H and O–H groups in total. The summed E-state index contributed by atoms with van der Waals surface area (Å²) in [6.45, 7) is 27.6. The number of methoxy groups -OCH3 is 4. The van der Waals surface area contributed by atoms with Gasteiger partial charge in [-0.2, -0.15) is 15.3 Å². The number of nitrogens with two attached hydrogens (primary N) is 5. The van der Waals surface area contributed by atoms with Crippen LogP contribution in [0.4, 0.5) is 0 Å². The van der Waals surface area contributed by atoms with Crippen LogP contribution in [0.5, 0.6) is 23.0 Å². The molecule has 80 heavy (non-hydrogen) atoms. The number of hydrogen-bond donors (Lipinski definition) is 10. The fourth-order valence-corrected chi connectivity index (χ4v) is 8.23. The highest BCUT2D eigenvalue weighted by atomic mass is 16.5. The van der Waals surface area contributed by atoms with Crippen molar-refractivity contribution >= 4 is 30.9 Å². The van der Waals surface area contributed by atoms with E-state index >= 15 is 0 Å². The summed E-state index contributed by atoms with van der Waals surface area (Å²) in [5.41, 5.74) is 2.01. The molecule has 0 unspecified atom stereocenters. The van der Waals surface area contributed by atoms with E-state index in [9.17, 15) is 0 Å². The summed E-state index contributed by atoms with van der Waals surface area (Å²) in [7, 11) is 11.8. The van der Waals surface area contributed by atoms with E-state index in [1.54, 1.807) is 64.3 Å². The summed E-state index contributed by atoms with van der Waals surface area (Å²) in [5, 5.41) is 36.3. The lowest BCUT2D eigenvalue weighted by molar-refractivity contribution is 0.277. The molecule has 0 spiro atoms. The fourth-order valence-electron chi connectivity index (χ4n) is 8.23. The minimum absolute atomic E-state index is 0.430. The predicted molar refractivity (Wildman–Crippen MR) is 323 cm³/mol. The zero-order valence-electron chi connectivity index (χ0n) is 49.2. The molecule has 0 saturated carbocycles. The number of hydrogen-bond acceptors (Lipinski definition) is 22. The van der Waals surface area contributed by atoms with Gasteiger partial charge in [0, 0.05) is 159 Å². The van der Waals surface area contributed by atoms with Gasteiger partial charge in [0.1, 0.15) is 24.8 Å². The molecule has 0 bridgehead atoms. The average molecular weight is 1130 g/mol. The SMILES string of the molecule is C=CCN(N)N=CN1CCNCC1.CCN=C(N(C)N)N1CCNCC1.CN=C(N(C)N)N1CCNCC1.COc1cc(CN(N)N=CN2CCNCC2)cc(OC)c1OC.COc1ccc(CN(N)N=CN2CCNCC2)cc1. The molecule has 0 atom stereocenters. The molecule has 29 nitrogen and oxygen atoms in total. The van der Waals surface area contributed by atoms with Crippen molar-refractivity contribution in [2.24, 2.45) is 54.5 Å². The molecule has 5 aliphatic rings. The van der Waals surface area contributed by atoms with Crippen LogP contribution in [-0.4, -0.2) is 274 Å². The van der Waals surface area contributed by atoms with E-state index in [1.165, 1.54) is 15.4 Å². The molecular weight excluding hydrogens is 1030 g/mol. The number of guanidine groups is 2. The van der Waals surface area contributed by atoms with Gasteiger partial charge >= 0.3 is 0 Å². The van der Waals surface area contributed by atoms with Crippen LogP contribution in [0.15, 0.2) is 74.3 Å². The number of nitrogens with one attached hydrogen (secondary N) is 5. The predicted octanol–water partition coefficient (Wildman–Crippen LogP) is -2.59. The van der Waals surface area contributed by atoms with Gasteiger partial charge in [0.15, 0.2) is 11.5 Å². The Labute approximate surface area is 476 Å². The third kappa shape index (κ3) is 27.0. The van der Waals surface area contributed by atoms with Crippen molar-refractivity contribution in [3.63, 3.8) is 0 Å². The molecule has 7 rings (SSSR count). The molecular formula is C51H99N25O4. The summed E-state index contributed by atoms with van der Waals surface area (Å²) in [4.78, 5) is 19.3. The summed E-state index contributed by atoms with van der Waals surface area (Å²) in [6, 6.07) is 11.5. The van der Waals surface area contributed by atoms with Crippen molar-refractivity contribution < 1.29 is 18.9 Å². The second-order valence-electron chi connectivity index (χ2n) is 18.5. The molecule has 2 aromatic rings. The van der Waals surface area contributed by atoms with Crippen molar-refractivity contribution in [1.29, 1.82) is 0 Å². The molecule has 2 aromatic carbocycles. The number of benzene rings is 2. The molecule has 0 amide bonds. The molecule has 452 valence electrons. The number of piperazine rings is 5. The first-order valence-corrected chi connectivity index (χ1v) is 27.2. The van der Waals surface area contributed by atoms with Crippen molar-refractivity contribution in [3.8, 4) is 23.0 Å². The number of hydrazine groups is 5. The van der Waals surface area contributed by atoms with E-state index in [-0.39, 0.29) is 0 Å². The van der Waals surface area contributed by atoms with Crippen LogP contribution >= 0.6 is 0 Å². The maximum absolute atomic E-state index is 5.96. The molecule has 5 saturated heterocycles. The monoisotopic (exact) mass is 1130 g/mol. The largest absolute Gasteiger partial charge is 0.497 e. The van der Waals surface area contributed by atoms with E-state index < -0.39 is 0 Å². The van der Waals surface area contributed by atoms with Crippen LogP contribution in [0.1, 0.15) is 18.1 Å². The highest BCUT2D eigenvalue weighted by Gasteiger charge is 2.18. The van der Waals surface area contributed by atoms with E-state index in [2.05, 4.69) is 83.0 Å². The van der Waals surface area contributed by atoms with Gasteiger partial charge in [0.2, 0.25) is 17.7 Å². The van der Waals surface area contributed by atoms with Gasteiger partial charge in [0.25, 0.3) is 0 Å². The van der Waals surface area contributed by atoms with Gasteiger partial charge in [-0.1, -0.05) is 18.2 Å². The lowest BCUT2D eigenvalue weighted by Gasteiger charge is -2.32. The first-order chi connectivity index (χ1) is 38.8. The fraction of sp³-hybridized carbons (Fsp3) is 0.627. The first-order valence-electron chi connectivity index (χ1n) is 27.2. The second-order valence-corrected chi connectivity index (χ2v) is 18.5. The van der Waals surface area contributed by atoms with Crippen LogP contribution in [0.3, 0.4) is 0 Å². The number of ether oxygens (including phenoxy) is 4. The minimum Gasteiger partial charge on any atom is -0.497 e. The Morgan fingerprint density at radius 3 is 1.25 bits per heavy atom. The smallest absolute Gasteiger partial charge is 0.210 e. The standard InChI is InChI=1S/C15H25N5O3.C13H21N5O.C8H19N5.C8H17N5.C7H17N5/c1-21-13-8-12(9-14(22-2)15(13)23-3)10-20(16)18-11-19-6-4-17-5-7-19;1-19-13-4-2-12(3-5-13)10-18(14)16-11-17-8-6-15-7-9-17;1-3-11-8(12(2)9)13-6-4-10-5-7-13;1-2-5-13(9)11-8-12-6-3-10-4-7-12;1-9-7(11(2)8)12-5-3-10-4-6-12/h8-9,11,17H,4-7,10,16H2,1-3H3;2-5,11,15H,6-10,14H2,1H3;10H,3-7,9H2,1-2H3;2,8,10H,1,3-7,9H2;10H,3-6,8H2,1-2H3. The number of aliphatic imine (C=N–C) groups is 2. The normalized spacial score (nSPS) is 16.9. The minimum atomic E-state index is 0.430. The van der Waals surface area contributed by atoms with Crippen molar-refractivity contribution in [2.75, 3.05) is 194 Å². The summed E-state index contributed by atoms with van der Waals surface area (Å²) < 4.78 is 21.1. The van der Waals surface area contributed by atoms with Gasteiger partial charge in [-0.25, -0.2) is 44.6 Å². The number of rotatable bonds is 17. The van der Waals surface area contributed by atoms with Crippen molar-refractivity contribution in [1.82, 2.24) is 76.5 Å². The maximum Gasteiger partial charge on any atom is 0.210 e. The van der Waals surface area contributed by atoms with Crippen molar-refractivity contribution in [2.45, 2.75) is 20.0 Å². The van der Waals surface area contributed by atoms with Gasteiger partial charge in [-0.15, -0.1) is 6.58 Å². The van der Waals surface area contributed by atoms with Crippen LogP contribution < -0.4 is 74.7 Å². The summed E-state index contributed by atoms with van der Waals surface area (Å²) in [5.74, 6) is 33.0. The van der Waals surface area contributed by atoms with Crippen LogP contribution in [0, 0.1) is 0 Å². The Bertz CT molecular complexity index is 2060. The van der Waals surface area contributed by atoms with E-state index in [0.29, 0.717) is 36.9 Å². The third-order valence-corrected chi connectivity index (χ3v) is 12.4. The maximum atomic E-state index is 5.96. The van der Waals surface area contributed by atoms with E-state index in [0.717, 1.165) is 166 Å². The van der Waals surface area contributed by atoms with Crippen LogP contribution in [0.25, 0.3) is 0 Å². The summed E-state index contributed by atoms with van der Waals surface area (Å²) >= 11 is 0. The molecule has 0 aliphatic carbocycles. The lowest BCUT2D eigenvalue weighted by Crippen LogP contribution is -2.53. The third-order valence-electron chi connectivity index (χ3n) is 12.4. The Kier molecular flexibility index (Phi) is 34.2. The zero-order chi connectivity index (χ0) is 58.3. The van der Waals surface area contributed by atoms with Gasteiger partial charge in [0.05, 0.1) is 48.1 Å². The zero-order valence-corrected chi connectivity index (χ0v) is 49.2. The Hall–Kier alpha value is -6.67. The topological polar surface area (TPSA) is 321 Å². The first kappa shape index (κ1) is 67.6. The van der Waals surface area contributed by atoms with Gasteiger partial charge < -0.3 is 70.0 Å². The van der Waals surface area contributed by atoms with Crippen molar-refractivity contribution in [3.05, 3.63) is 60.2 Å². The summed E-state index contributed by atoms with van der Waals surface area (Å²) in [6.07, 6.45) is 7.09. The Morgan fingerprint density at radius 1 is 0.537 bits per heavy atom. The Balaban J connectivity index is 0.000000269. The Morgan fingerprint density at radius 2 is 0.912 bits per heavy atom. The quantitative estimate of drug-likeness (QED) is 0.0256. The highest BCUT2D eigenvalue weighted by molar-refractivity contribution is 5.80. The van der Waals surface area contributed by atoms with Gasteiger partial charge in [-0.3, -0.25) is 20.0 Å². The molecule has 5 fully saturated rings. The number of nitrogens with zero attached hydrogens (tertiary/aromatic N) is 15. The lowest BCUT2D eigenvalue weighted by atomic mass is 10.2. The van der Waals surface area contributed by atoms with E-state index in [4.69, 9.17) is 48.2 Å². The molecule has 0 radical (unpaired) electrons. The van der Waals surface area contributed by atoms with Crippen LogP contribution in [-0.2, 0) is 13.1 Å². The average Bonchev–Trinajstić information content (AvgIpc) is 3.50. The van der Waals surface area contributed by atoms with Gasteiger partial charge in [-0.05, 0) is 42.3 Å². The molecule has 0 aromatic heterocycles. The van der Waals surface area contributed by atoms with Crippen LogP contribution in [0.2, 0.25) is 0 Å². The molecule has 5 heterocycles. The molecule has 5 aliphatic heterocycles.